The van der Waals surface area contributed by atoms with Gasteiger partial charge in [0.2, 0.25) is 5.91 Å². The number of halogens is 2. The Bertz CT molecular complexity index is 887. The van der Waals surface area contributed by atoms with E-state index in [1.807, 2.05) is 24.1 Å². The van der Waals surface area contributed by atoms with Crippen molar-refractivity contribution in [3.8, 4) is 0 Å². The van der Waals surface area contributed by atoms with E-state index >= 15 is 0 Å². The molecule has 3 rings (SSSR count). The number of nitrogens with zero attached hydrogens (tertiary/aromatic N) is 1. The highest BCUT2D eigenvalue weighted by Crippen LogP contribution is 2.27. The van der Waals surface area contributed by atoms with Gasteiger partial charge >= 0.3 is 0 Å². The second-order valence-electron chi connectivity index (χ2n) is 7.16. The lowest BCUT2D eigenvalue weighted by molar-refractivity contribution is -0.129. The Hall–Kier alpha value is -2.05. The first-order valence-electron chi connectivity index (χ1n) is 9.69. The molecule has 2 aromatic carbocycles. The maximum Gasteiger partial charge on any atom is 0.256 e. The van der Waals surface area contributed by atoms with Crippen LogP contribution in [-0.2, 0) is 4.79 Å². The van der Waals surface area contributed by atoms with E-state index in [1.54, 1.807) is 18.2 Å². The summed E-state index contributed by atoms with van der Waals surface area (Å²) in [5, 5.41) is 2.68. The molecule has 0 aromatic heterocycles. The molecule has 1 saturated carbocycles. The van der Waals surface area contributed by atoms with Gasteiger partial charge in [0.15, 0.2) is 0 Å². The van der Waals surface area contributed by atoms with Gasteiger partial charge in [-0.2, -0.15) is 0 Å². The molecule has 0 spiro atoms. The Balaban J connectivity index is 1.64. The lowest BCUT2D eigenvalue weighted by atomic mass is 9.94. The van der Waals surface area contributed by atoms with E-state index < -0.39 is 5.82 Å². The largest absolute Gasteiger partial charge is 0.342 e. The molecule has 0 atom stereocenters. The summed E-state index contributed by atoms with van der Waals surface area (Å²) in [6.07, 6.45) is 5.70. The number of carbonyl (C=O) groups excluding carboxylic acids is 2. The van der Waals surface area contributed by atoms with Crippen molar-refractivity contribution in [1.29, 1.82) is 0 Å². The molecule has 7 heteroatoms. The van der Waals surface area contributed by atoms with E-state index in [1.165, 1.54) is 43.2 Å². The lowest BCUT2D eigenvalue weighted by Crippen LogP contribution is -2.39. The van der Waals surface area contributed by atoms with Crippen molar-refractivity contribution in [2.45, 2.75) is 43.0 Å². The smallest absolute Gasteiger partial charge is 0.256 e. The Kier molecular flexibility index (Phi) is 7.56. The number of hydrogen-bond donors (Lipinski definition) is 1. The molecule has 1 aliphatic rings. The van der Waals surface area contributed by atoms with Gasteiger partial charge in [-0.25, -0.2) is 4.39 Å². The van der Waals surface area contributed by atoms with Gasteiger partial charge < -0.3 is 10.2 Å². The van der Waals surface area contributed by atoms with Crippen LogP contribution < -0.4 is 5.32 Å². The zero-order valence-corrected chi connectivity index (χ0v) is 17.9. The van der Waals surface area contributed by atoms with Gasteiger partial charge in [0, 0.05) is 23.7 Å². The predicted octanol–water partition coefficient (Wildman–Crippen LogP) is 5.61. The Morgan fingerprint density at radius 2 is 1.90 bits per heavy atom. The molecule has 0 radical (unpaired) electrons. The highest BCUT2D eigenvalue weighted by Gasteiger charge is 2.22. The molecule has 1 fully saturated rings. The van der Waals surface area contributed by atoms with Gasteiger partial charge in [0.1, 0.15) is 5.82 Å². The predicted molar refractivity (Wildman–Crippen MR) is 116 cm³/mol. The summed E-state index contributed by atoms with van der Waals surface area (Å²) in [6, 6.07) is 11.5. The summed E-state index contributed by atoms with van der Waals surface area (Å²) in [4.78, 5) is 27.9. The molecule has 1 aliphatic carbocycles. The molecule has 2 amide bonds. The van der Waals surface area contributed by atoms with Crippen molar-refractivity contribution in [1.82, 2.24) is 4.90 Å². The van der Waals surface area contributed by atoms with Gasteiger partial charge in [-0.15, -0.1) is 11.8 Å². The SMILES string of the molecule is CN(C(=O)CSc1ccccc1C(=O)Nc1ccc(Cl)c(F)c1)C1CCCCC1. The van der Waals surface area contributed by atoms with Crippen molar-refractivity contribution < 1.29 is 14.0 Å². The maximum absolute atomic E-state index is 13.6. The molecule has 154 valence electrons. The molecule has 0 bridgehead atoms. The molecular weight excluding hydrogens is 411 g/mol. The van der Waals surface area contributed by atoms with Gasteiger partial charge in [0.05, 0.1) is 16.3 Å². The normalized spacial score (nSPS) is 14.4. The molecule has 0 unspecified atom stereocenters. The summed E-state index contributed by atoms with van der Waals surface area (Å²) in [6.45, 7) is 0. The third kappa shape index (κ3) is 5.73. The average Bonchev–Trinajstić information content (AvgIpc) is 2.75. The summed E-state index contributed by atoms with van der Waals surface area (Å²) in [5.74, 6) is -0.615. The summed E-state index contributed by atoms with van der Waals surface area (Å²) in [7, 11) is 1.87. The van der Waals surface area contributed by atoms with Crippen molar-refractivity contribution in [2.24, 2.45) is 0 Å². The first kappa shape index (κ1) is 21.7. The number of carbonyl (C=O) groups is 2. The van der Waals surface area contributed by atoms with Crippen molar-refractivity contribution in [2.75, 3.05) is 18.1 Å². The minimum atomic E-state index is -0.594. The summed E-state index contributed by atoms with van der Waals surface area (Å²) < 4.78 is 13.6. The molecule has 4 nitrogen and oxygen atoms in total. The second kappa shape index (κ2) is 10.1. The lowest BCUT2D eigenvalue weighted by Gasteiger charge is -2.31. The molecule has 0 saturated heterocycles. The number of anilines is 1. The number of rotatable bonds is 6. The zero-order chi connectivity index (χ0) is 20.8. The van der Waals surface area contributed by atoms with Crippen molar-refractivity contribution >= 4 is 40.9 Å². The highest BCUT2D eigenvalue weighted by atomic mass is 35.5. The van der Waals surface area contributed by atoms with E-state index in [2.05, 4.69) is 5.32 Å². The number of nitrogens with one attached hydrogen (secondary N) is 1. The van der Waals surface area contributed by atoms with E-state index in [-0.39, 0.29) is 22.6 Å². The van der Waals surface area contributed by atoms with Gasteiger partial charge in [-0.3, -0.25) is 9.59 Å². The summed E-state index contributed by atoms with van der Waals surface area (Å²) >= 11 is 7.03. The molecule has 0 aliphatic heterocycles. The van der Waals surface area contributed by atoms with Crippen LogP contribution in [0.15, 0.2) is 47.4 Å². The van der Waals surface area contributed by atoms with Gasteiger partial charge in [-0.1, -0.05) is 43.0 Å². The molecule has 2 aromatic rings. The maximum atomic E-state index is 13.6. The van der Waals surface area contributed by atoms with Gasteiger partial charge in [0.25, 0.3) is 5.91 Å². The monoisotopic (exact) mass is 434 g/mol. The van der Waals surface area contributed by atoms with Crippen LogP contribution in [0.2, 0.25) is 5.02 Å². The third-order valence-electron chi connectivity index (χ3n) is 5.18. The van der Waals surface area contributed by atoms with Crippen LogP contribution >= 0.6 is 23.4 Å². The van der Waals surface area contributed by atoms with Crippen LogP contribution in [0, 0.1) is 5.82 Å². The van der Waals surface area contributed by atoms with E-state index in [4.69, 9.17) is 11.6 Å². The Morgan fingerprint density at radius 3 is 2.62 bits per heavy atom. The third-order valence-corrected chi connectivity index (χ3v) is 6.54. The minimum absolute atomic E-state index is 0.000414. The van der Waals surface area contributed by atoms with Crippen LogP contribution in [-0.4, -0.2) is 35.6 Å². The van der Waals surface area contributed by atoms with Crippen LogP contribution in [0.3, 0.4) is 0 Å². The highest BCUT2D eigenvalue weighted by molar-refractivity contribution is 8.00. The molecule has 1 N–H and O–H groups in total. The Morgan fingerprint density at radius 1 is 1.17 bits per heavy atom. The number of thioether (sulfide) groups is 1. The van der Waals surface area contributed by atoms with Crippen LogP contribution in [0.25, 0.3) is 0 Å². The topological polar surface area (TPSA) is 49.4 Å². The van der Waals surface area contributed by atoms with E-state index in [9.17, 15) is 14.0 Å². The first-order chi connectivity index (χ1) is 14.0. The fraction of sp³-hybridized carbons (Fsp3) is 0.364. The standard InChI is InChI=1S/C22H24ClFN2O2S/c1-26(16-7-3-2-4-8-16)21(27)14-29-20-10-6-5-9-17(20)22(28)25-15-11-12-18(23)19(24)13-15/h5-6,9-13,16H,2-4,7-8,14H2,1H3,(H,25,28). The number of amides is 2. The number of benzene rings is 2. The fourth-order valence-electron chi connectivity index (χ4n) is 3.47. The van der Waals surface area contributed by atoms with Crippen molar-refractivity contribution in [3.05, 3.63) is 58.9 Å². The zero-order valence-electron chi connectivity index (χ0n) is 16.3. The molecule has 0 heterocycles. The van der Waals surface area contributed by atoms with E-state index in [0.717, 1.165) is 12.8 Å². The summed E-state index contributed by atoms with van der Waals surface area (Å²) in [5.41, 5.74) is 0.769. The molecule has 29 heavy (non-hydrogen) atoms. The number of hydrogen-bond acceptors (Lipinski definition) is 3. The van der Waals surface area contributed by atoms with Crippen LogP contribution in [0.1, 0.15) is 42.5 Å². The Labute approximate surface area is 179 Å². The minimum Gasteiger partial charge on any atom is -0.342 e. The first-order valence-corrected chi connectivity index (χ1v) is 11.1. The van der Waals surface area contributed by atoms with Crippen molar-refractivity contribution in [3.63, 3.8) is 0 Å². The van der Waals surface area contributed by atoms with Gasteiger partial charge in [-0.05, 0) is 43.2 Å². The second-order valence-corrected chi connectivity index (χ2v) is 8.59. The van der Waals surface area contributed by atoms with E-state index in [0.29, 0.717) is 22.2 Å². The molecular formula is C22H24ClFN2O2S. The van der Waals surface area contributed by atoms with Crippen LogP contribution in [0.4, 0.5) is 10.1 Å². The fourth-order valence-corrected chi connectivity index (χ4v) is 4.56. The van der Waals surface area contributed by atoms with Crippen LogP contribution in [0.5, 0.6) is 0 Å². The quantitative estimate of drug-likeness (QED) is 0.600. The average molecular weight is 435 g/mol.